The summed E-state index contributed by atoms with van der Waals surface area (Å²) in [5.74, 6) is 0.514. The number of aliphatic hydroxyl groups is 1. The lowest BCUT2D eigenvalue weighted by Crippen LogP contribution is -2.20. The van der Waals surface area contributed by atoms with Crippen molar-refractivity contribution >= 4 is 23.2 Å². The lowest BCUT2D eigenvalue weighted by molar-refractivity contribution is 0.147. The third-order valence-electron chi connectivity index (χ3n) is 3.41. The Bertz CT molecular complexity index is 581. The number of halogens is 2. The van der Waals surface area contributed by atoms with Crippen LogP contribution in [0.4, 0.5) is 0 Å². The van der Waals surface area contributed by atoms with Crippen LogP contribution in [0.5, 0.6) is 5.75 Å². The van der Waals surface area contributed by atoms with Gasteiger partial charge in [-0.15, -0.1) is 0 Å². The van der Waals surface area contributed by atoms with Crippen LogP contribution < -0.4 is 10.5 Å². The monoisotopic (exact) mass is 325 g/mol. The molecule has 2 aromatic rings. The molecule has 3 nitrogen and oxygen atoms in total. The second-order valence-corrected chi connectivity index (χ2v) is 5.64. The summed E-state index contributed by atoms with van der Waals surface area (Å²) < 4.78 is 5.13. The summed E-state index contributed by atoms with van der Waals surface area (Å²) in [5.41, 5.74) is 7.42. The molecule has 0 aliphatic heterocycles. The van der Waals surface area contributed by atoms with Crippen molar-refractivity contribution in [1.82, 2.24) is 0 Å². The van der Waals surface area contributed by atoms with E-state index in [0.717, 1.165) is 11.3 Å². The lowest BCUT2D eigenvalue weighted by atomic mass is 9.89. The Balaban J connectivity index is 2.30. The van der Waals surface area contributed by atoms with Gasteiger partial charge in [0.15, 0.2) is 0 Å². The number of aliphatic hydroxyl groups excluding tert-OH is 1. The second kappa shape index (κ2) is 7.14. The van der Waals surface area contributed by atoms with Gasteiger partial charge in [0.25, 0.3) is 0 Å². The zero-order chi connectivity index (χ0) is 15.4. The highest BCUT2D eigenvalue weighted by molar-refractivity contribution is 6.34. The van der Waals surface area contributed by atoms with E-state index in [-0.39, 0.29) is 5.92 Å². The quantitative estimate of drug-likeness (QED) is 0.879. The molecule has 0 aliphatic rings. The van der Waals surface area contributed by atoms with Crippen molar-refractivity contribution < 1.29 is 9.84 Å². The van der Waals surface area contributed by atoms with Gasteiger partial charge in [0.05, 0.1) is 13.2 Å². The van der Waals surface area contributed by atoms with Gasteiger partial charge in [-0.05, 0) is 41.5 Å². The first-order chi connectivity index (χ1) is 10.0. The van der Waals surface area contributed by atoms with Crippen LogP contribution in [0.3, 0.4) is 0 Å². The van der Waals surface area contributed by atoms with E-state index in [0.29, 0.717) is 22.2 Å². The average molecular weight is 326 g/mol. The highest BCUT2D eigenvalue weighted by atomic mass is 35.5. The summed E-state index contributed by atoms with van der Waals surface area (Å²) in [6, 6.07) is 12.5. The molecular weight excluding hydrogens is 309 g/mol. The molecule has 3 N–H and O–H groups in total. The highest BCUT2D eigenvalue weighted by Crippen LogP contribution is 2.33. The highest BCUT2D eigenvalue weighted by Gasteiger charge is 2.22. The van der Waals surface area contributed by atoms with E-state index >= 15 is 0 Å². The zero-order valence-corrected chi connectivity index (χ0v) is 13.1. The molecule has 0 fully saturated rings. The van der Waals surface area contributed by atoms with E-state index in [2.05, 4.69) is 0 Å². The molecule has 2 unspecified atom stereocenters. The van der Waals surface area contributed by atoms with Crippen LogP contribution in [0, 0.1) is 0 Å². The molecule has 112 valence electrons. The summed E-state index contributed by atoms with van der Waals surface area (Å²) in [6.45, 7) is 0.303. The fourth-order valence-electron chi connectivity index (χ4n) is 2.28. The standard InChI is InChI=1S/C16H17Cl2NO2/c1-21-14-4-2-10(3-5-14)15(9-19)16(20)11-6-12(17)8-13(18)7-11/h2-8,15-16,20H,9,19H2,1H3. The Kier molecular flexibility index (Phi) is 5.48. The normalized spacial score (nSPS) is 13.8. The smallest absolute Gasteiger partial charge is 0.118 e. The molecule has 0 aromatic heterocycles. The van der Waals surface area contributed by atoms with Gasteiger partial charge in [0.1, 0.15) is 5.75 Å². The number of ether oxygens (including phenoxy) is 1. The van der Waals surface area contributed by atoms with E-state index in [4.69, 9.17) is 33.7 Å². The molecule has 0 radical (unpaired) electrons. The van der Waals surface area contributed by atoms with Gasteiger partial charge in [-0.25, -0.2) is 0 Å². The van der Waals surface area contributed by atoms with Crippen molar-refractivity contribution in [2.75, 3.05) is 13.7 Å². The fourth-order valence-corrected chi connectivity index (χ4v) is 2.82. The predicted octanol–water partition coefficient (Wildman–Crippen LogP) is 3.78. The van der Waals surface area contributed by atoms with Crippen molar-refractivity contribution in [2.24, 2.45) is 5.73 Å². The molecule has 0 saturated heterocycles. The fraction of sp³-hybridized carbons (Fsp3) is 0.250. The number of benzene rings is 2. The van der Waals surface area contributed by atoms with Crippen LogP contribution in [-0.2, 0) is 0 Å². The molecule has 0 bridgehead atoms. The Labute approximate surface area is 134 Å². The van der Waals surface area contributed by atoms with Crippen LogP contribution in [0.2, 0.25) is 10.0 Å². The molecular formula is C16H17Cl2NO2. The van der Waals surface area contributed by atoms with Crippen molar-refractivity contribution in [1.29, 1.82) is 0 Å². The SMILES string of the molecule is COc1ccc(C(CN)C(O)c2cc(Cl)cc(Cl)c2)cc1. The van der Waals surface area contributed by atoms with Gasteiger partial charge in [0.2, 0.25) is 0 Å². The van der Waals surface area contributed by atoms with E-state index in [1.807, 2.05) is 24.3 Å². The minimum atomic E-state index is -0.778. The largest absolute Gasteiger partial charge is 0.497 e. The van der Waals surface area contributed by atoms with Gasteiger partial charge in [-0.1, -0.05) is 35.3 Å². The average Bonchev–Trinajstić information content (AvgIpc) is 2.47. The van der Waals surface area contributed by atoms with Crippen molar-refractivity contribution in [2.45, 2.75) is 12.0 Å². The molecule has 0 saturated carbocycles. The molecule has 2 atom stereocenters. The Morgan fingerprint density at radius 1 is 1.05 bits per heavy atom. The minimum Gasteiger partial charge on any atom is -0.497 e. The maximum Gasteiger partial charge on any atom is 0.118 e. The van der Waals surface area contributed by atoms with Gasteiger partial charge >= 0.3 is 0 Å². The van der Waals surface area contributed by atoms with Crippen LogP contribution in [0.1, 0.15) is 23.1 Å². The van der Waals surface area contributed by atoms with E-state index < -0.39 is 6.10 Å². The summed E-state index contributed by atoms with van der Waals surface area (Å²) in [4.78, 5) is 0. The first-order valence-electron chi connectivity index (χ1n) is 6.53. The first-order valence-corrected chi connectivity index (χ1v) is 7.29. The van der Waals surface area contributed by atoms with Crippen molar-refractivity contribution in [3.8, 4) is 5.75 Å². The molecule has 5 heteroatoms. The van der Waals surface area contributed by atoms with Gasteiger partial charge in [0, 0.05) is 22.5 Å². The van der Waals surface area contributed by atoms with Crippen LogP contribution in [0.15, 0.2) is 42.5 Å². The number of hydrogen-bond donors (Lipinski definition) is 2. The van der Waals surface area contributed by atoms with Gasteiger partial charge < -0.3 is 15.6 Å². The van der Waals surface area contributed by atoms with Gasteiger partial charge in [-0.2, -0.15) is 0 Å². The topological polar surface area (TPSA) is 55.5 Å². The second-order valence-electron chi connectivity index (χ2n) is 4.76. The molecule has 2 rings (SSSR count). The molecule has 2 aromatic carbocycles. The Morgan fingerprint density at radius 3 is 2.10 bits per heavy atom. The zero-order valence-electron chi connectivity index (χ0n) is 11.6. The summed E-state index contributed by atoms with van der Waals surface area (Å²) in [7, 11) is 1.61. The van der Waals surface area contributed by atoms with E-state index in [1.54, 1.807) is 25.3 Å². The third kappa shape index (κ3) is 3.89. The number of rotatable bonds is 5. The van der Waals surface area contributed by atoms with E-state index in [1.165, 1.54) is 0 Å². The molecule has 0 amide bonds. The number of hydrogen-bond acceptors (Lipinski definition) is 3. The minimum absolute atomic E-state index is 0.245. The van der Waals surface area contributed by atoms with Crippen molar-refractivity contribution in [3.63, 3.8) is 0 Å². The number of nitrogens with two attached hydrogens (primary N) is 1. The predicted molar refractivity (Wildman–Crippen MR) is 86.2 cm³/mol. The third-order valence-corrected chi connectivity index (χ3v) is 3.84. The maximum atomic E-state index is 10.6. The summed E-state index contributed by atoms with van der Waals surface area (Å²) in [6.07, 6.45) is -0.778. The Hall–Kier alpha value is -1.26. The lowest BCUT2D eigenvalue weighted by Gasteiger charge is -2.23. The Morgan fingerprint density at radius 2 is 1.62 bits per heavy atom. The summed E-state index contributed by atoms with van der Waals surface area (Å²) >= 11 is 12.0. The molecule has 0 aliphatic carbocycles. The number of methoxy groups -OCH3 is 1. The van der Waals surface area contributed by atoms with E-state index in [9.17, 15) is 5.11 Å². The van der Waals surface area contributed by atoms with Gasteiger partial charge in [-0.3, -0.25) is 0 Å². The molecule has 21 heavy (non-hydrogen) atoms. The van der Waals surface area contributed by atoms with Crippen LogP contribution >= 0.6 is 23.2 Å². The first kappa shape index (κ1) is 16.1. The molecule has 0 heterocycles. The maximum absolute atomic E-state index is 10.6. The van der Waals surface area contributed by atoms with Crippen LogP contribution in [-0.4, -0.2) is 18.8 Å². The molecule has 0 spiro atoms. The van der Waals surface area contributed by atoms with Crippen molar-refractivity contribution in [3.05, 3.63) is 63.6 Å². The summed E-state index contributed by atoms with van der Waals surface area (Å²) in [5, 5.41) is 11.6. The van der Waals surface area contributed by atoms with Crippen LogP contribution in [0.25, 0.3) is 0 Å².